The highest BCUT2D eigenvalue weighted by atomic mass is 35.5. The monoisotopic (exact) mass is 346 g/mol. The van der Waals surface area contributed by atoms with E-state index in [1.54, 1.807) is 18.2 Å². The van der Waals surface area contributed by atoms with E-state index in [9.17, 15) is 9.18 Å². The zero-order valence-corrected chi connectivity index (χ0v) is 13.5. The lowest BCUT2D eigenvalue weighted by Gasteiger charge is -2.14. The van der Waals surface area contributed by atoms with Gasteiger partial charge >= 0.3 is 0 Å². The highest BCUT2D eigenvalue weighted by molar-refractivity contribution is 7.22. The Labute approximate surface area is 141 Å². The molecule has 1 aliphatic rings. The van der Waals surface area contributed by atoms with Crippen LogP contribution in [0, 0.1) is 5.82 Å². The van der Waals surface area contributed by atoms with Crippen molar-refractivity contribution >= 4 is 44.2 Å². The maximum Gasteiger partial charge on any atom is 0.236 e. The van der Waals surface area contributed by atoms with Gasteiger partial charge in [-0.15, -0.1) is 0 Å². The second kappa shape index (κ2) is 5.28. The zero-order valence-electron chi connectivity index (χ0n) is 12.0. The molecule has 1 aliphatic carbocycles. The first kappa shape index (κ1) is 14.6. The first-order chi connectivity index (χ1) is 11.1. The fraction of sp³-hybridized carbons (Fsp3) is 0.176. The predicted molar refractivity (Wildman–Crippen MR) is 90.6 cm³/mol. The minimum absolute atomic E-state index is 0.0886. The van der Waals surface area contributed by atoms with E-state index >= 15 is 0 Å². The van der Waals surface area contributed by atoms with Crippen molar-refractivity contribution in [3.8, 4) is 0 Å². The largest absolute Gasteiger partial charge is 0.301 e. The summed E-state index contributed by atoms with van der Waals surface area (Å²) in [4.78, 5) is 17.1. The van der Waals surface area contributed by atoms with Gasteiger partial charge in [-0.25, -0.2) is 9.37 Å². The second-order valence-electron chi connectivity index (χ2n) is 5.67. The molecule has 0 radical (unpaired) electrons. The molecule has 0 aliphatic heterocycles. The Balaban J connectivity index is 1.60. The van der Waals surface area contributed by atoms with Gasteiger partial charge < -0.3 is 5.32 Å². The normalized spacial score (nSPS) is 15.6. The van der Waals surface area contributed by atoms with Crippen LogP contribution in [0.1, 0.15) is 18.4 Å². The van der Waals surface area contributed by atoms with Crippen molar-refractivity contribution in [3.05, 3.63) is 58.9 Å². The number of benzene rings is 2. The number of rotatable bonds is 3. The van der Waals surface area contributed by atoms with Gasteiger partial charge in [-0.05, 0) is 48.7 Å². The molecule has 1 amide bonds. The molecule has 23 heavy (non-hydrogen) atoms. The van der Waals surface area contributed by atoms with Gasteiger partial charge in [0.25, 0.3) is 0 Å². The highest BCUT2D eigenvalue weighted by Crippen LogP contribution is 2.49. The summed E-state index contributed by atoms with van der Waals surface area (Å²) in [5.41, 5.74) is 1.10. The van der Waals surface area contributed by atoms with Crippen LogP contribution in [0.15, 0.2) is 42.5 Å². The van der Waals surface area contributed by atoms with Crippen LogP contribution in [-0.2, 0) is 10.2 Å². The quantitative estimate of drug-likeness (QED) is 0.743. The number of aromatic nitrogens is 1. The fourth-order valence-corrected chi connectivity index (χ4v) is 3.85. The van der Waals surface area contributed by atoms with Gasteiger partial charge in [0.2, 0.25) is 5.91 Å². The maximum atomic E-state index is 13.1. The molecule has 4 rings (SSSR count). The van der Waals surface area contributed by atoms with Crippen molar-refractivity contribution in [3.63, 3.8) is 0 Å². The van der Waals surface area contributed by atoms with E-state index in [4.69, 9.17) is 11.6 Å². The molecular weight excluding hydrogens is 335 g/mol. The SMILES string of the molecule is O=C(Nc1nc2ccc(Cl)cc2s1)C1(c2ccc(F)cc2)CC1. The van der Waals surface area contributed by atoms with E-state index in [0.717, 1.165) is 28.6 Å². The average Bonchev–Trinajstić information content (AvgIpc) is 3.24. The summed E-state index contributed by atoms with van der Waals surface area (Å²) < 4.78 is 14.0. The minimum atomic E-state index is -0.552. The summed E-state index contributed by atoms with van der Waals surface area (Å²) in [6.07, 6.45) is 1.53. The lowest BCUT2D eigenvalue weighted by atomic mass is 9.95. The number of anilines is 1. The number of nitrogens with one attached hydrogen (secondary N) is 1. The van der Waals surface area contributed by atoms with E-state index in [-0.39, 0.29) is 11.7 Å². The van der Waals surface area contributed by atoms with Gasteiger partial charge in [0.05, 0.1) is 15.6 Å². The minimum Gasteiger partial charge on any atom is -0.301 e. The molecule has 2 aromatic carbocycles. The van der Waals surface area contributed by atoms with Crippen LogP contribution < -0.4 is 5.32 Å². The van der Waals surface area contributed by atoms with Crippen molar-refractivity contribution in [1.82, 2.24) is 4.98 Å². The molecular formula is C17H12ClFN2OS. The molecule has 0 spiro atoms. The van der Waals surface area contributed by atoms with Crippen LogP contribution in [0.5, 0.6) is 0 Å². The number of carbonyl (C=O) groups excluding carboxylic acids is 1. The van der Waals surface area contributed by atoms with Gasteiger partial charge in [-0.3, -0.25) is 4.79 Å². The number of amides is 1. The Hall–Kier alpha value is -1.98. The summed E-state index contributed by atoms with van der Waals surface area (Å²) in [6.45, 7) is 0. The van der Waals surface area contributed by atoms with Crippen molar-refractivity contribution in [2.24, 2.45) is 0 Å². The fourth-order valence-electron chi connectivity index (χ4n) is 2.71. The molecule has 1 fully saturated rings. The van der Waals surface area contributed by atoms with Gasteiger partial charge in [0, 0.05) is 5.02 Å². The summed E-state index contributed by atoms with van der Waals surface area (Å²) in [7, 11) is 0. The molecule has 1 saturated carbocycles. The summed E-state index contributed by atoms with van der Waals surface area (Å²) >= 11 is 7.36. The van der Waals surface area contributed by atoms with Crippen LogP contribution in [0.4, 0.5) is 9.52 Å². The maximum absolute atomic E-state index is 13.1. The molecule has 0 saturated heterocycles. The van der Waals surface area contributed by atoms with Crippen LogP contribution in [0.25, 0.3) is 10.2 Å². The smallest absolute Gasteiger partial charge is 0.236 e. The van der Waals surface area contributed by atoms with E-state index in [1.165, 1.54) is 23.5 Å². The third-order valence-corrected chi connectivity index (χ3v) is 5.32. The molecule has 1 aromatic heterocycles. The van der Waals surface area contributed by atoms with E-state index < -0.39 is 5.41 Å². The Kier molecular flexibility index (Phi) is 3.36. The third kappa shape index (κ3) is 2.60. The molecule has 1 heterocycles. The molecule has 116 valence electrons. The number of carbonyl (C=O) groups is 1. The average molecular weight is 347 g/mol. The molecule has 1 N–H and O–H groups in total. The third-order valence-electron chi connectivity index (χ3n) is 4.15. The Morgan fingerprint density at radius 3 is 2.65 bits per heavy atom. The van der Waals surface area contributed by atoms with Crippen LogP contribution in [-0.4, -0.2) is 10.9 Å². The van der Waals surface area contributed by atoms with Gasteiger partial charge in [0.15, 0.2) is 5.13 Å². The second-order valence-corrected chi connectivity index (χ2v) is 7.14. The van der Waals surface area contributed by atoms with Crippen LogP contribution in [0.3, 0.4) is 0 Å². The first-order valence-electron chi connectivity index (χ1n) is 7.20. The first-order valence-corrected chi connectivity index (χ1v) is 8.40. The number of fused-ring (bicyclic) bond motifs is 1. The Morgan fingerprint density at radius 1 is 1.22 bits per heavy atom. The Morgan fingerprint density at radius 2 is 1.96 bits per heavy atom. The summed E-state index contributed by atoms with van der Waals surface area (Å²) in [5, 5.41) is 4.10. The lowest BCUT2D eigenvalue weighted by Crippen LogP contribution is -2.27. The van der Waals surface area contributed by atoms with Crippen molar-refractivity contribution < 1.29 is 9.18 Å². The van der Waals surface area contributed by atoms with E-state index in [0.29, 0.717) is 10.2 Å². The van der Waals surface area contributed by atoms with Crippen LogP contribution in [0.2, 0.25) is 5.02 Å². The summed E-state index contributed by atoms with van der Waals surface area (Å²) in [5.74, 6) is -0.387. The molecule has 0 unspecified atom stereocenters. The number of thiazole rings is 1. The summed E-state index contributed by atoms with van der Waals surface area (Å²) in [6, 6.07) is 11.6. The number of hydrogen-bond acceptors (Lipinski definition) is 3. The van der Waals surface area contributed by atoms with Crippen molar-refractivity contribution in [2.75, 3.05) is 5.32 Å². The predicted octanol–water partition coefficient (Wildman–Crippen LogP) is 4.76. The van der Waals surface area contributed by atoms with Crippen molar-refractivity contribution in [2.45, 2.75) is 18.3 Å². The van der Waals surface area contributed by atoms with Gasteiger partial charge in [0.1, 0.15) is 5.82 Å². The number of hydrogen-bond donors (Lipinski definition) is 1. The van der Waals surface area contributed by atoms with Crippen molar-refractivity contribution in [1.29, 1.82) is 0 Å². The Bertz CT molecular complexity index is 903. The lowest BCUT2D eigenvalue weighted by molar-refractivity contribution is -0.118. The highest BCUT2D eigenvalue weighted by Gasteiger charge is 2.51. The number of halogens is 2. The van der Waals surface area contributed by atoms with E-state index in [2.05, 4.69) is 10.3 Å². The van der Waals surface area contributed by atoms with E-state index in [1.807, 2.05) is 12.1 Å². The standard InChI is InChI=1S/C17H12ClFN2OS/c18-11-3-6-13-14(9-11)23-16(20-13)21-15(22)17(7-8-17)10-1-4-12(19)5-2-10/h1-6,9H,7-8H2,(H,20,21,22). The topological polar surface area (TPSA) is 42.0 Å². The number of nitrogens with zero attached hydrogens (tertiary/aromatic N) is 1. The van der Waals surface area contributed by atoms with Gasteiger partial charge in [-0.1, -0.05) is 35.1 Å². The molecule has 6 heteroatoms. The molecule has 3 nitrogen and oxygen atoms in total. The molecule has 3 aromatic rings. The zero-order chi connectivity index (χ0) is 16.0. The van der Waals surface area contributed by atoms with Gasteiger partial charge in [-0.2, -0.15) is 0 Å². The molecule has 0 atom stereocenters. The van der Waals surface area contributed by atoms with Crippen LogP contribution >= 0.6 is 22.9 Å². The molecule has 0 bridgehead atoms.